The number of piperazine rings is 1. The number of benzene rings is 1. The molecule has 1 saturated heterocycles. The number of hydrogen-bond donors (Lipinski definition) is 2. The van der Waals surface area contributed by atoms with E-state index in [2.05, 4.69) is 15.2 Å². The molecule has 0 aliphatic carbocycles. The Hall–Kier alpha value is -2.33. The van der Waals surface area contributed by atoms with Crippen LogP contribution in [-0.2, 0) is 10.0 Å². The molecule has 1 aliphatic rings. The van der Waals surface area contributed by atoms with Gasteiger partial charge in [0.2, 0.25) is 10.0 Å². The van der Waals surface area contributed by atoms with Gasteiger partial charge in [-0.2, -0.15) is 4.31 Å². The van der Waals surface area contributed by atoms with Crippen LogP contribution in [0.15, 0.2) is 53.6 Å². The fourth-order valence-electron chi connectivity index (χ4n) is 3.38. The number of aliphatic hydroxyl groups excluding tert-OH is 1. The van der Waals surface area contributed by atoms with Crippen molar-refractivity contribution < 1.29 is 18.3 Å². The summed E-state index contributed by atoms with van der Waals surface area (Å²) in [5.41, 5.74) is 0.252. The standard InChI is InChI=1S/C20H26N4O4S/c1-2-17(15-25)23-10-12-24(13-11-23)29(27,28)18-7-5-6-16(14-18)20(26)22-19-8-3-4-9-21-19/h3-9,14,17,25H,2,10-13,15H2,1H3,(H,21,22,26)/t17-/m1/s1. The van der Waals surface area contributed by atoms with Crippen LogP contribution in [0.2, 0.25) is 0 Å². The normalized spacial score (nSPS) is 17.0. The number of nitrogens with one attached hydrogen (secondary N) is 1. The van der Waals surface area contributed by atoms with Gasteiger partial charge in [-0.3, -0.25) is 9.69 Å². The van der Waals surface area contributed by atoms with Gasteiger partial charge in [0.05, 0.1) is 11.5 Å². The van der Waals surface area contributed by atoms with Crippen molar-refractivity contribution >= 4 is 21.7 Å². The number of hydrogen-bond acceptors (Lipinski definition) is 6. The monoisotopic (exact) mass is 418 g/mol. The van der Waals surface area contributed by atoms with Crippen molar-refractivity contribution in [2.45, 2.75) is 24.3 Å². The largest absolute Gasteiger partial charge is 0.395 e. The lowest BCUT2D eigenvalue weighted by atomic mass is 10.2. The van der Waals surface area contributed by atoms with Crippen molar-refractivity contribution in [2.24, 2.45) is 0 Å². The minimum absolute atomic E-state index is 0.0541. The Morgan fingerprint density at radius 2 is 1.93 bits per heavy atom. The number of anilines is 1. The summed E-state index contributed by atoms with van der Waals surface area (Å²) in [7, 11) is -3.70. The van der Waals surface area contributed by atoms with E-state index in [0.717, 1.165) is 6.42 Å². The van der Waals surface area contributed by atoms with E-state index in [9.17, 15) is 18.3 Å². The zero-order valence-corrected chi connectivity index (χ0v) is 17.2. The van der Waals surface area contributed by atoms with Crippen LogP contribution in [-0.4, -0.2) is 72.4 Å². The number of carbonyl (C=O) groups excluding carboxylic acids is 1. The van der Waals surface area contributed by atoms with Gasteiger partial charge in [0, 0.05) is 44.0 Å². The number of amides is 1. The Balaban J connectivity index is 1.71. The fourth-order valence-corrected chi connectivity index (χ4v) is 4.85. The molecule has 156 valence electrons. The second kappa shape index (κ2) is 9.45. The third-order valence-corrected chi connectivity index (χ3v) is 7.01. The van der Waals surface area contributed by atoms with Gasteiger partial charge in [-0.05, 0) is 36.8 Å². The zero-order valence-electron chi connectivity index (χ0n) is 16.4. The summed E-state index contributed by atoms with van der Waals surface area (Å²) < 4.78 is 27.5. The van der Waals surface area contributed by atoms with Crippen LogP contribution >= 0.6 is 0 Å². The van der Waals surface area contributed by atoms with Crippen LogP contribution in [0.25, 0.3) is 0 Å². The smallest absolute Gasteiger partial charge is 0.256 e. The van der Waals surface area contributed by atoms with E-state index in [-0.39, 0.29) is 23.1 Å². The molecule has 0 radical (unpaired) electrons. The van der Waals surface area contributed by atoms with Gasteiger partial charge >= 0.3 is 0 Å². The summed E-state index contributed by atoms with van der Waals surface area (Å²) in [6.07, 6.45) is 2.38. The SMILES string of the molecule is CC[C@H](CO)N1CCN(S(=O)(=O)c2cccc(C(=O)Nc3ccccn3)c2)CC1. The van der Waals surface area contributed by atoms with E-state index in [4.69, 9.17) is 0 Å². The predicted molar refractivity (Wildman–Crippen MR) is 110 cm³/mol. The van der Waals surface area contributed by atoms with Gasteiger partial charge in [-0.1, -0.05) is 19.1 Å². The molecule has 29 heavy (non-hydrogen) atoms. The molecule has 1 aromatic carbocycles. The molecule has 9 heteroatoms. The van der Waals surface area contributed by atoms with Gasteiger partial charge in [-0.15, -0.1) is 0 Å². The van der Waals surface area contributed by atoms with E-state index >= 15 is 0 Å². The molecule has 2 heterocycles. The minimum atomic E-state index is -3.70. The molecular formula is C20H26N4O4S. The average Bonchev–Trinajstić information content (AvgIpc) is 2.76. The highest BCUT2D eigenvalue weighted by Gasteiger charge is 2.30. The summed E-state index contributed by atoms with van der Waals surface area (Å²) in [5.74, 6) is -0.0180. The van der Waals surface area contributed by atoms with E-state index in [1.807, 2.05) is 6.92 Å². The molecule has 1 amide bonds. The molecule has 3 rings (SSSR count). The molecule has 1 fully saturated rings. The first kappa shape index (κ1) is 21.4. The first-order valence-electron chi connectivity index (χ1n) is 9.63. The molecule has 0 spiro atoms. The van der Waals surface area contributed by atoms with Crippen molar-refractivity contribution in [3.8, 4) is 0 Å². The Morgan fingerprint density at radius 3 is 2.55 bits per heavy atom. The predicted octanol–water partition coefficient (Wildman–Crippen LogP) is 1.41. The molecule has 0 saturated carbocycles. The maximum absolute atomic E-state index is 13.0. The molecule has 1 aliphatic heterocycles. The van der Waals surface area contributed by atoms with Crippen LogP contribution in [0.5, 0.6) is 0 Å². The summed E-state index contributed by atoms with van der Waals surface area (Å²) in [4.78, 5) is 18.7. The Bertz CT molecular complexity index is 925. The highest BCUT2D eigenvalue weighted by atomic mass is 32.2. The number of sulfonamides is 1. The van der Waals surface area contributed by atoms with E-state index in [0.29, 0.717) is 32.0 Å². The third kappa shape index (κ3) is 4.99. The topological polar surface area (TPSA) is 103 Å². The maximum Gasteiger partial charge on any atom is 0.256 e. The van der Waals surface area contributed by atoms with Crippen molar-refractivity contribution in [2.75, 3.05) is 38.1 Å². The highest BCUT2D eigenvalue weighted by Crippen LogP contribution is 2.20. The first-order chi connectivity index (χ1) is 14.0. The minimum Gasteiger partial charge on any atom is -0.395 e. The van der Waals surface area contributed by atoms with Gasteiger partial charge in [0.25, 0.3) is 5.91 Å². The lowest BCUT2D eigenvalue weighted by Gasteiger charge is -2.37. The number of aliphatic hydroxyl groups is 1. The van der Waals surface area contributed by atoms with Crippen LogP contribution in [0.3, 0.4) is 0 Å². The molecule has 2 N–H and O–H groups in total. The van der Waals surface area contributed by atoms with Crippen molar-refractivity contribution in [3.63, 3.8) is 0 Å². The fraction of sp³-hybridized carbons (Fsp3) is 0.400. The number of nitrogens with zero attached hydrogens (tertiary/aromatic N) is 3. The molecule has 1 atom stereocenters. The molecular weight excluding hydrogens is 392 g/mol. The van der Waals surface area contributed by atoms with Gasteiger partial charge < -0.3 is 10.4 Å². The quantitative estimate of drug-likeness (QED) is 0.705. The van der Waals surface area contributed by atoms with Crippen molar-refractivity contribution in [1.82, 2.24) is 14.2 Å². The van der Waals surface area contributed by atoms with E-state index < -0.39 is 15.9 Å². The van der Waals surface area contributed by atoms with Gasteiger partial charge in [0.1, 0.15) is 5.82 Å². The number of aromatic nitrogens is 1. The van der Waals surface area contributed by atoms with Crippen LogP contribution in [0.4, 0.5) is 5.82 Å². The Labute approximate surface area is 171 Å². The van der Waals surface area contributed by atoms with Crippen LogP contribution in [0.1, 0.15) is 23.7 Å². The second-order valence-corrected chi connectivity index (χ2v) is 8.82. The highest BCUT2D eigenvalue weighted by molar-refractivity contribution is 7.89. The van der Waals surface area contributed by atoms with Crippen molar-refractivity contribution in [3.05, 3.63) is 54.2 Å². The Kier molecular flexibility index (Phi) is 6.96. The van der Waals surface area contributed by atoms with Gasteiger partial charge in [0.15, 0.2) is 0 Å². The molecule has 0 bridgehead atoms. The third-order valence-electron chi connectivity index (χ3n) is 5.11. The van der Waals surface area contributed by atoms with Gasteiger partial charge in [-0.25, -0.2) is 13.4 Å². The summed E-state index contributed by atoms with van der Waals surface area (Å²) >= 11 is 0. The van der Waals surface area contributed by atoms with E-state index in [1.54, 1.807) is 36.5 Å². The summed E-state index contributed by atoms with van der Waals surface area (Å²) in [6.45, 7) is 3.91. The van der Waals surface area contributed by atoms with Crippen molar-refractivity contribution in [1.29, 1.82) is 0 Å². The second-order valence-electron chi connectivity index (χ2n) is 6.88. The maximum atomic E-state index is 13.0. The lowest BCUT2D eigenvalue weighted by molar-refractivity contribution is 0.0881. The molecule has 1 aromatic heterocycles. The lowest BCUT2D eigenvalue weighted by Crippen LogP contribution is -2.52. The zero-order chi connectivity index (χ0) is 20.9. The number of rotatable bonds is 7. The molecule has 2 aromatic rings. The number of carbonyl (C=O) groups is 1. The van der Waals surface area contributed by atoms with E-state index in [1.165, 1.54) is 16.4 Å². The van der Waals surface area contributed by atoms with Crippen LogP contribution in [0, 0.1) is 0 Å². The summed E-state index contributed by atoms with van der Waals surface area (Å²) in [5, 5.41) is 12.1. The first-order valence-corrected chi connectivity index (χ1v) is 11.1. The number of pyridine rings is 1. The molecule has 0 unspecified atom stereocenters. The Morgan fingerprint density at radius 1 is 1.17 bits per heavy atom. The average molecular weight is 419 g/mol. The molecule has 8 nitrogen and oxygen atoms in total. The summed E-state index contributed by atoms with van der Waals surface area (Å²) in [6, 6.07) is 11.2. The van der Waals surface area contributed by atoms with Crippen LogP contribution < -0.4 is 5.32 Å².